The van der Waals surface area contributed by atoms with Gasteiger partial charge in [-0.05, 0) is 12.1 Å². The molecule has 0 atom stereocenters. The summed E-state index contributed by atoms with van der Waals surface area (Å²) < 4.78 is 5.41. The number of benzene rings is 2. The minimum atomic E-state index is 0.166. The number of phenols is 1. The Morgan fingerprint density at radius 2 is 1.61 bits per heavy atom. The zero-order valence-corrected chi connectivity index (χ0v) is 9.58. The minimum Gasteiger partial charge on any atom is -0.507 e. The lowest BCUT2D eigenvalue weighted by molar-refractivity contribution is 0.473. The van der Waals surface area contributed by atoms with E-state index in [9.17, 15) is 5.11 Å². The highest BCUT2D eigenvalue weighted by Crippen LogP contribution is 2.30. The van der Waals surface area contributed by atoms with Crippen molar-refractivity contribution in [2.75, 3.05) is 0 Å². The van der Waals surface area contributed by atoms with Crippen molar-refractivity contribution in [2.24, 2.45) is 0 Å². The Kier molecular flexibility index (Phi) is 2.57. The fourth-order valence-corrected chi connectivity index (χ4v) is 1.79. The van der Waals surface area contributed by atoms with Crippen molar-refractivity contribution in [1.29, 1.82) is 0 Å². The zero-order valence-electron chi connectivity index (χ0n) is 9.58. The third-order valence-electron chi connectivity index (χ3n) is 2.71. The SMILES string of the molecule is Oc1ccccc1-c1nc(-c2ccccc2)co1. The third-order valence-corrected chi connectivity index (χ3v) is 2.71. The maximum Gasteiger partial charge on any atom is 0.230 e. The van der Waals surface area contributed by atoms with Crippen molar-refractivity contribution in [3.8, 4) is 28.5 Å². The molecule has 0 spiro atoms. The second-order valence-corrected chi connectivity index (χ2v) is 3.92. The Morgan fingerprint density at radius 1 is 0.889 bits per heavy atom. The normalized spacial score (nSPS) is 10.4. The number of rotatable bonds is 2. The maximum atomic E-state index is 9.74. The second-order valence-electron chi connectivity index (χ2n) is 3.92. The molecule has 3 aromatic rings. The van der Waals surface area contributed by atoms with E-state index in [1.54, 1.807) is 24.5 Å². The molecule has 0 bridgehead atoms. The summed E-state index contributed by atoms with van der Waals surface area (Å²) in [4.78, 5) is 4.38. The third kappa shape index (κ3) is 1.86. The smallest absolute Gasteiger partial charge is 0.230 e. The molecule has 0 aliphatic rings. The Hall–Kier alpha value is -2.55. The molecule has 1 aromatic heterocycles. The number of hydrogen-bond acceptors (Lipinski definition) is 3. The lowest BCUT2D eigenvalue weighted by Gasteiger charge is -1.98. The molecule has 0 fully saturated rings. The molecule has 0 amide bonds. The monoisotopic (exact) mass is 237 g/mol. The van der Waals surface area contributed by atoms with Gasteiger partial charge in [0.05, 0.1) is 5.56 Å². The first-order chi connectivity index (χ1) is 8.84. The van der Waals surface area contributed by atoms with Crippen LogP contribution in [0.3, 0.4) is 0 Å². The fourth-order valence-electron chi connectivity index (χ4n) is 1.79. The number of aromatic nitrogens is 1. The molecule has 3 nitrogen and oxygen atoms in total. The number of nitrogens with zero attached hydrogens (tertiary/aromatic N) is 1. The number of aromatic hydroxyl groups is 1. The van der Waals surface area contributed by atoms with Gasteiger partial charge >= 0.3 is 0 Å². The second kappa shape index (κ2) is 4.37. The Morgan fingerprint density at radius 3 is 2.39 bits per heavy atom. The lowest BCUT2D eigenvalue weighted by Crippen LogP contribution is -1.80. The van der Waals surface area contributed by atoms with Crippen LogP contribution in [0.15, 0.2) is 65.3 Å². The summed E-state index contributed by atoms with van der Waals surface area (Å²) in [6.07, 6.45) is 1.59. The standard InChI is InChI=1S/C15H11NO2/c17-14-9-5-4-8-12(14)15-16-13(10-18-15)11-6-2-1-3-7-11/h1-10,17H. The van der Waals surface area contributed by atoms with Crippen LogP contribution in [-0.4, -0.2) is 10.1 Å². The lowest BCUT2D eigenvalue weighted by atomic mass is 10.2. The molecule has 2 aromatic carbocycles. The van der Waals surface area contributed by atoms with Crippen molar-refractivity contribution < 1.29 is 9.52 Å². The average Bonchev–Trinajstić information content (AvgIpc) is 2.90. The number of para-hydroxylation sites is 1. The number of phenolic OH excluding ortho intramolecular Hbond substituents is 1. The van der Waals surface area contributed by atoms with E-state index in [-0.39, 0.29) is 5.75 Å². The first-order valence-electron chi connectivity index (χ1n) is 5.64. The van der Waals surface area contributed by atoms with Crippen molar-refractivity contribution in [2.45, 2.75) is 0 Å². The summed E-state index contributed by atoms with van der Waals surface area (Å²) in [5.74, 6) is 0.589. The Balaban J connectivity index is 2.03. The molecule has 0 aliphatic carbocycles. The van der Waals surface area contributed by atoms with E-state index >= 15 is 0 Å². The van der Waals surface area contributed by atoms with E-state index in [0.29, 0.717) is 11.5 Å². The van der Waals surface area contributed by atoms with Gasteiger partial charge < -0.3 is 9.52 Å². The van der Waals surface area contributed by atoms with Crippen LogP contribution in [0.1, 0.15) is 0 Å². The zero-order chi connectivity index (χ0) is 12.4. The number of oxazole rings is 1. The largest absolute Gasteiger partial charge is 0.507 e. The molecule has 3 heteroatoms. The molecule has 0 unspecified atom stereocenters. The summed E-state index contributed by atoms with van der Waals surface area (Å²) in [6, 6.07) is 16.8. The van der Waals surface area contributed by atoms with E-state index in [1.807, 2.05) is 36.4 Å². The first kappa shape index (κ1) is 10.6. The van der Waals surface area contributed by atoms with Gasteiger partial charge in [-0.25, -0.2) is 4.98 Å². The van der Waals surface area contributed by atoms with Crippen LogP contribution in [0.5, 0.6) is 5.75 Å². The first-order valence-corrected chi connectivity index (χ1v) is 5.64. The Bertz CT molecular complexity index is 659. The van der Waals surface area contributed by atoms with Crippen LogP contribution in [0.4, 0.5) is 0 Å². The maximum absolute atomic E-state index is 9.74. The molecule has 3 rings (SSSR count). The van der Waals surface area contributed by atoms with Gasteiger partial charge in [-0.3, -0.25) is 0 Å². The highest BCUT2D eigenvalue weighted by molar-refractivity contribution is 5.66. The summed E-state index contributed by atoms with van der Waals surface area (Å²) in [6.45, 7) is 0. The molecule has 88 valence electrons. The van der Waals surface area contributed by atoms with Crippen LogP contribution < -0.4 is 0 Å². The van der Waals surface area contributed by atoms with Crippen molar-refractivity contribution >= 4 is 0 Å². The summed E-state index contributed by atoms with van der Waals surface area (Å²) in [5.41, 5.74) is 2.34. The predicted octanol–water partition coefficient (Wildman–Crippen LogP) is 3.71. The van der Waals surface area contributed by atoms with Crippen molar-refractivity contribution in [3.05, 3.63) is 60.9 Å². The Labute approximate surface area is 104 Å². The van der Waals surface area contributed by atoms with Gasteiger partial charge in [-0.1, -0.05) is 42.5 Å². The van der Waals surface area contributed by atoms with Gasteiger partial charge in [-0.2, -0.15) is 0 Å². The van der Waals surface area contributed by atoms with Gasteiger partial charge in [0.25, 0.3) is 0 Å². The molecule has 1 heterocycles. The quantitative estimate of drug-likeness (QED) is 0.739. The topological polar surface area (TPSA) is 46.3 Å². The molecule has 0 saturated heterocycles. The molecule has 18 heavy (non-hydrogen) atoms. The molecule has 0 aliphatic heterocycles. The van der Waals surface area contributed by atoms with E-state index in [2.05, 4.69) is 4.98 Å². The molecule has 0 saturated carbocycles. The van der Waals surface area contributed by atoms with Crippen molar-refractivity contribution in [3.63, 3.8) is 0 Å². The van der Waals surface area contributed by atoms with Gasteiger partial charge in [0, 0.05) is 5.56 Å². The van der Waals surface area contributed by atoms with Crippen LogP contribution in [0, 0.1) is 0 Å². The molecular weight excluding hydrogens is 226 g/mol. The van der Waals surface area contributed by atoms with Crippen LogP contribution in [0.2, 0.25) is 0 Å². The molecular formula is C15H11NO2. The van der Waals surface area contributed by atoms with Gasteiger partial charge in [-0.15, -0.1) is 0 Å². The molecule has 0 radical (unpaired) electrons. The van der Waals surface area contributed by atoms with E-state index < -0.39 is 0 Å². The summed E-state index contributed by atoms with van der Waals surface area (Å²) in [7, 11) is 0. The number of hydrogen-bond donors (Lipinski definition) is 1. The minimum absolute atomic E-state index is 0.166. The van der Waals surface area contributed by atoms with E-state index in [0.717, 1.165) is 11.3 Å². The van der Waals surface area contributed by atoms with Crippen LogP contribution in [0.25, 0.3) is 22.7 Å². The molecule has 1 N–H and O–H groups in total. The summed E-state index contributed by atoms with van der Waals surface area (Å²) in [5, 5.41) is 9.74. The van der Waals surface area contributed by atoms with Gasteiger partial charge in [0.15, 0.2) is 0 Å². The predicted molar refractivity (Wildman–Crippen MR) is 69.0 cm³/mol. The fraction of sp³-hybridized carbons (Fsp3) is 0. The van der Waals surface area contributed by atoms with E-state index in [4.69, 9.17) is 4.42 Å². The van der Waals surface area contributed by atoms with E-state index in [1.165, 1.54) is 0 Å². The summed E-state index contributed by atoms with van der Waals surface area (Å²) >= 11 is 0. The average molecular weight is 237 g/mol. The highest BCUT2D eigenvalue weighted by atomic mass is 16.3. The highest BCUT2D eigenvalue weighted by Gasteiger charge is 2.11. The van der Waals surface area contributed by atoms with Crippen LogP contribution in [-0.2, 0) is 0 Å². The van der Waals surface area contributed by atoms with Crippen LogP contribution >= 0.6 is 0 Å². The van der Waals surface area contributed by atoms with Gasteiger partial charge in [0.2, 0.25) is 5.89 Å². The van der Waals surface area contributed by atoms with Gasteiger partial charge in [0.1, 0.15) is 17.7 Å². The van der Waals surface area contributed by atoms with Crippen molar-refractivity contribution in [1.82, 2.24) is 4.98 Å².